The summed E-state index contributed by atoms with van der Waals surface area (Å²) < 4.78 is 2.85. The third-order valence-electron chi connectivity index (χ3n) is 3.09. The summed E-state index contributed by atoms with van der Waals surface area (Å²) in [6.45, 7) is 3.01. The van der Waals surface area contributed by atoms with E-state index in [0.717, 1.165) is 29.5 Å². The molecule has 1 aromatic carbocycles. The predicted octanol–water partition coefficient (Wildman–Crippen LogP) is 2.47. The Hall–Kier alpha value is -1.13. The van der Waals surface area contributed by atoms with Gasteiger partial charge in [0.2, 0.25) is 0 Å². The molecule has 1 N–H and O–H groups in total. The Morgan fingerprint density at radius 2 is 2.18 bits per heavy atom. The smallest absolute Gasteiger partial charge is 0.268 e. The van der Waals surface area contributed by atoms with Crippen LogP contribution in [0.3, 0.4) is 0 Å². The number of aliphatic hydroxyl groups excluding tert-OH is 1. The van der Waals surface area contributed by atoms with Crippen molar-refractivity contribution in [3.05, 3.63) is 34.6 Å². The SMILES string of the molecule is CCC(CCO)Cn1sc2ccccc2c1=O. The predicted molar refractivity (Wildman–Crippen MR) is 71.6 cm³/mol. The zero-order valence-corrected chi connectivity index (χ0v) is 10.7. The molecule has 1 unspecified atom stereocenters. The van der Waals surface area contributed by atoms with Crippen molar-refractivity contribution in [1.82, 2.24) is 3.96 Å². The van der Waals surface area contributed by atoms with Crippen LogP contribution in [0.15, 0.2) is 29.1 Å². The van der Waals surface area contributed by atoms with Gasteiger partial charge in [-0.2, -0.15) is 0 Å². The van der Waals surface area contributed by atoms with E-state index in [2.05, 4.69) is 6.92 Å². The molecule has 1 atom stereocenters. The van der Waals surface area contributed by atoms with Gasteiger partial charge < -0.3 is 5.11 Å². The van der Waals surface area contributed by atoms with Gasteiger partial charge in [0.05, 0.1) is 10.1 Å². The van der Waals surface area contributed by atoms with Crippen molar-refractivity contribution in [3.8, 4) is 0 Å². The van der Waals surface area contributed by atoms with Gasteiger partial charge in [-0.3, -0.25) is 8.75 Å². The largest absolute Gasteiger partial charge is 0.396 e. The van der Waals surface area contributed by atoms with Crippen LogP contribution in [-0.2, 0) is 6.54 Å². The average molecular weight is 251 g/mol. The number of aliphatic hydroxyl groups is 1. The highest BCUT2D eigenvalue weighted by Crippen LogP contribution is 2.18. The third kappa shape index (κ3) is 2.58. The fourth-order valence-corrected chi connectivity index (χ4v) is 3.08. The van der Waals surface area contributed by atoms with Gasteiger partial charge in [-0.15, -0.1) is 0 Å². The first-order valence-corrected chi connectivity index (χ1v) is 6.73. The molecule has 0 aliphatic carbocycles. The van der Waals surface area contributed by atoms with Crippen LogP contribution in [0.25, 0.3) is 10.1 Å². The second kappa shape index (κ2) is 5.47. The maximum absolute atomic E-state index is 12.1. The number of fused-ring (bicyclic) bond motifs is 1. The molecule has 92 valence electrons. The number of nitrogens with zero attached hydrogens (tertiary/aromatic N) is 1. The summed E-state index contributed by atoms with van der Waals surface area (Å²) in [6.07, 6.45) is 1.75. The maximum atomic E-state index is 12.1. The topological polar surface area (TPSA) is 42.2 Å². The molecule has 0 radical (unpaired) electrons. The van der Waals surface area contributed by atoms with E-state index in [0.29, 0.717) is 5.92 Å². The highest BCUT2D eigenvalue weighted by Gasteiger charge is 2.11. The normalized spacial score (nSPS) is 13.1. The van der Waals surface area contributed by atoms with Crippen molar-refractivity contribution in [2.75, 3.05) is 6.61 Å². The maximum Gasteiger partial charge on any atom is 0.268 e. The van der Waals surface area contributed by atoms with Crippen molar-refractivity contribution >= 4 is 21.6 Å². The van der Waals surface area contributed by atoms with E-state index in [1.165, 1.54) is 11.5 Å². The first-order valence-electron chi connectivity index (χ1n) is 5.96. The molecule has 0 saturated heterocycles. The van der Waals surface area contributed by atoms with E-state index >= 15 is 0 Å². The van der Waals surface area contributed by atoms with Gasteiger partial charge in [0, 0.05) is 13.2 Å². The molecule has 3 nitrogen and oxygen atoms in total. The summed E-state index contributed by atoms with van der Waals surface area (Å²) in [5.41, 5.74) is 0.0991. The molecule has 1 aromatic heterocycles. The molecule has 0 fully saturated rings. The highest BCUT2D eigenvalue weighted by atomic mass is 32.1. The van der Waals surface area contributed by atoms with Crippen LogP contribution in [0.2, 0.25) is 0 Å². The Labute approximate surface area is 104 Å². The van der Waals surface area contributed by atoms with E-state index < -0.39 is 0 Å². The van der Waals surface area contributed by atoms with Gasteiger partial charge in [-0.25, -0.2) is 0 Å². The molecular formula is C13H17NO2S. The minimum atomic E-state index is 0.0991. The summed E-state index contributed by atoms with van der Waals surface area (Å²) in [5, 5.41) is 9.77. The van der Waals surface area contributed by atoms with Crippen LogP contribution in [0.5, 0.6) is 0 Å². The van der Waals surface area contributed by atoms with Crippen LogP contribution in [0.1, 0.15) is 19.8 Å². The third-order valence-corrected chi connectivity index (χ3v) is 4.18. The lowest BCUT2D eigenvalue weighted by Gasteiger charge is -2.12. The molecule has 17 heavy (non-hydrogen) atoms. The first-order chi connectivity index (χ1) is 8.26. The minimum absolute atomic E-state index is 0.0991. The Morgan fingerprint density at radius 1 is 1.41 bits per heavy atom. The summed E-state index contributed by atoms with van der Waals surface area (Å²) >= 11 is 1.52. The summed E-state index contributed by atoms with van der Waals surface area (Å²) in [4.78, 5) is 12.1. The number of rotatable bonds is 5. The molecular weight excluding hydrogens is 234 g/mol. The monoisotopic (exact) mass is 251 g/mol. The highest BCUT2D eigenvalue weighted by molar-refractivity contribution is 7.13. The summed E-state index contributed by atoms with van der Waals surface area (Å²) in [5.74, 6) is 0.380. The van der Waals surface area contributed by atoms with Crippen molar-refractivity contribution in [3.63, 3.8) is 0 Å². The second-order valence-corrected chi connectivity index (χ2v) is 5.30. The van der Waals surface area contributed by atoms with E-state index in [1.54, 1.807) is 0 Å². The summed E-state index contributed by atoms with van der Waals surface area (Å²) in [6, 6.07) is 7.70. The van der Waals surface area contributed by atoms with E-state index in [-0.39, 0.29) is 12.2 Å². The van der Waals surface area contributed by atoms with Gasteiger partial charge in [0.25, 0.3) is 5.56 Å². The van der Waals surface area contributed by atoms with Crippen molar-refractivity contribution in [2.45, 2.75) is 26.3 Å². The lowest BCUT2D eigenvalue weighted by atomic mass is 10.0. The molecule has 0 aliphatic rings. The average Bonchev–Trinajstić information content (AvgIpc) is 2.66. The molecule has 1 heterocycles. The fraction of sp³-hybridized carbons (Fsp3) is 0.462. The lowest BCUT2D eigenvalue weighted by molar-refractivity contribution is 0.245. The molecule has 4 heteroatoms. The van der Waals surface area contributed by atoms with Gasteiger partial charge in [0.15, 0.2) is 0 Å². The Kier molecular flexibility index (Phi) is 3.97. The quantitative estimate of drug-likeness (QED) is 0.887. The van der Waals surface area contributed by atoms with E-state index in [1.807, 2.05) is 28.2 Å². The fourth-order valence-electron chi connectivity index (χ4n) is 1.98. The Balaban J connectivity index is 2.29. The first kappa shape index (κ1) is 12.3. The minimum Gasteiger partial charge on any atom is -0.396 e. The lowest BCUT2D eigenvalue weighted by Crippen LogP contribution is -2.19. The molecule has 0 aliphatic heterocycles. The van der Waals surface area contributed by atoms with Crippen LogP contribution in [0.4, 0.5) is 0 Å². The number of benzene rings is 1. The van der Waals surface area contributed by atoms with Crippen molar-refractivity contribution < 1.29 is 5.11 Å². The summed E-state index contributed by atoms with van der Waals surface area (Å²) in [7, 11) is 0. The molecule has 0 amide bonds. The van der Waals surface area contributed by atoms with E-state index in [4.69, 9.17) is 5.11 Å². The second-order valence-electron chi connectivity index (χ2n) is 4.24. The van der Waals surface area contributed by atoms with Crippen molar-refractivity contribution in [2.24, 2.45) is 5.92 Å². The molecule has 0 saturated carbocycles. The number of hydrogen-bond acceptors (Lipinski definition) is 3. The van der Waals surface area contributed by atoms with Crippen LogP contribution >= 0.6 is 11.5 Å². The van der Waals surface area contributed by atoms with Crippen LogP contribution in [0, 0.1) is 5.92 Å². The zero-order valence-electron chi connectivity index (χ0n) is 9.93. The molecule has 2 aromatic rings. The standard InChI is InChI=1S/C13H17NO2S/c1-2-10(7-8-15)9-14-13(16)11-5-3-4-6-12(11)17-14/h3-6,10,15H,2,7-9H2,1H3. The van der Waals surface area contributed by atoms with E-state index in [9.17, 15) is 4.79 Å². The number of aromatic nitrogens is 1. The number of hydrogen-bond donors (Lipinski definition) is 1. The van der Waals surface area contributed by atoms with Gasteiger partial charge in [-0.05, 0) is 24.5 Å². The Morgan fingerprint density at radius 3 is 2.82 bits per heavy atom. The van der Waals surface area contributed by atoms with Crippen molar-refractivity contribution in [1.29, 1.82) is 0 Å². The Bertz CT molecular complexity index is 544. The van der Waals surface area contributed by atoms with Gasteiger partial charge in [-0.1, -0.05) is 37.0 Å². The zero-order chi connectivity index (χ0) is 12.3. The molecule has 2 rings (SSSR count). The van der Waals surface area contributed by atoms with Gasteiger partial charge in [0.1, 0.15) is 0 Å². The van der Waals surface area contributed by atoms with Crippen LogP contribution in [-0.4, -0.2) is 15.7 Å². The van der Waals surface area contributed by atoms with Crippen LogP contribution < -0.4 is 5.56 Å². The van der Waals surface area contributed by atoms with Gasteiger partial charge >= 0.3 is 0 Å². The molecule has 0 bridgehead atoms. The molecule has 0 spiro atoms.